The van der Waals surface area contributed by atoms with Gasteiger partial charge in [-0.1, -0.05) is 12.8 Å². The highest BCUT2D eigenvalue weighted by Gasteiger charge is 2.26. The van der Waals surface area contributed by atoms with Gasteiger partial charge in [0, 0.05) is 30.6 Å². The summed E-state index contributed by atoms with van der Waals surface area (Å²) in [6, 6.07) is 0. The van der Waals surface area contributed by atoms with Crippen LogP contribution in [-0.2, 0) is 6.54 Å². The highest BCUT2D eigenvalue weighted by molar-refractivity contribution is 5.33. The van der Waals surface area contributed by atoms with E-state index in [1.807, 2.05) is 0 Å². The summed E-state index contributed by atoms with van der Waals surface area (Å²) < 4.78 is 2.36. The molecule has 0 spiro atoms. The van der Waals surface area contributed by atoms with Crippen molar-refractivity contribution in [3.8, 4) is 0 Å². The molecule has 1 unspecified atom stereocenters. The summed E-state index contributed by atoms with van der Waals surface area (Å²) in [5.41, 5.74) is 7.19. The van der Waals surface area contributed by atoms with Crippen LogP contribution in [0.4, 0.5) is 5.95 Å². The minimum atomic E-state index is 0.557. The van der Waals surface area contributed by atoms with Gasteiger partial charge in [-0.25, -0.2) is 4.98 Å². The molecule has 1 aliphatic carbocycles. The van der Waals surface area contributed by atoms with E-state index in [4.69, 9.17) is 5.73 Å². The van der Waals surface area contributed by atoms with Crippen molar-refractivity contribution in [1.82, 2.24) is 9.55 Å². The lowest BCUT2D eigenvalue weighted by atomic mass is 10.0. The van der Waals surface area contributed by atoms with E-state index in [0.717, 1.165) is 31.5 Å². The molecule has 0 amide bonds. The standard InChI is InChI=1S/C12H20N4/c13-5-9-6-14-12-15-7-11(16(12)8-9)10-3-1-2-4-10/h7,9-10H,1-6,8,13H2,(H,14,15). The van der Waals surface area contributed by atoms with Crippen molar-refractivity contribution in [2.24, 2.45) is 11.7 Å². The molecule has 16 heavy (non-hydrogen) atoms. The molecular formula is C12H20N4. The minimum absolute atomic E-state index is 0.557. The Labute approximate surface area is 96.2 Å². The predicted octanol–water partition coefficient (Wildman–Crippen LogP) is 1.54. The third kappa shape index (κ3) is 1.61. The molecule has 4 nitrogen and oxygen atoms in total. The first kappa shape index (κ1) is 10.1. The number of nitrogens with zero attached hydrogens (tertiary/aromatic N) is 2. The van der Waals surface area contributed by atoms with E-state index in [-0.39, 0.29) is 0 Å². The van der Waals surface area contributed by atoms with Gasteiger partial charge in [-0.15, -0.1) is 0 Å². The van der Waals surface area contributed by atoms with Crippen LogP contribution in [0.3, 0.4) is 0 Å². The van der Waals surface area contributed by atoms with Crippen LogP contribution in [0.1, 0.15) is 37.3 Å². The van der Waals surface area contributed by atoms with Gasteiger partial charge in [0.15, 0.2) is 0 Å². The summed E-state index contributed by atoms with van der Waals surface area (Å²) >= 11 is 0. The van der Waals surface area contributed by atoms with Crippen LogP contribution in [-0.4, -0.2) is 22.6 Å². The molecule has 1 atom stereocenters. The summed E-state index contributed by atoms with van der Waals surface area (Å²) in [4.78, 5) is 4.48. The summed E-state index contributed by atoms with van der Waals surface area (Å²) in [7, 11) is 0. The second-order valence-corrected chi connectivity index (χ2v) is 5.08. The Balaban J connectivity index is 1.87. The van der Waals surface area contributed by atoms with E-state index in [9.17, 15) is 0 Å². The molecule has 0 bridgehead atoms. The number of anilines is 1. The number of rotatable bonds is 2. The van der Waals surface area contributed by atoms with Crippen LogP contribution in [0.5, 0.6) is 0 Å². The van der Waals surface area contributed by atoms with Crippen molar-refractivity contribution < 1.29 is 0 Å². The quantitative estimate of drug-likeness (QED) is 0.795. The molecule has 1 aliphatic heterocycles. The molecule has 3 rings (SSSR count). The van der Waals surface area contributed by atoms with Gasteiger partial charge < -0.3 is 15.6 Å². The predicted molar refractivity (Wildman–Crippen MR) is 64.5 cm³/mol. The van der Waals surface area contributed by atoms with Gasteiger partial charge in [0.05, 0.1) is 6.20 Å². The number of nitrogens with two attached hydrogens (primary N) is 1. The molecule has 2 heterocycles. The number of imidazole rings is 1. The van der Waals surface area contributed by atoms with E-state index < -0.39 is 0 Å². The number of fused-ring (bicyclic) bond motifs is 1. The molecule has 1 aromatic rings. The third-order valence-corrected chi connectivity index (χ3v) is 3.98. The SMILES string of the molecule is NCC1CNc2ncc(C3CCCC3)n2C1. The Kier molecular flexibility index (Phi) is 2.59. The molecule has 88 valence electrons. The molecule has 2 aliphatic rings. The van der Waals surface area contributed by atoms with E-state index in [1.54, 1.807) is 0 Å². The molecular weight excluding hydrogens is 200 g/mol. The third-order valence-electron chi connectivity index (χ3n) is 3.98. The summed E-state index contributed by atoms with van der Waals surface area (Å²) in [5, 5.41) is 3.38. The summed E-state index contributed by atoms with van der Waals surface area (Å²) in [6.45, 7) is 2.77. The van der Waals surface area contributed by atoms with Gasteiger partial charge in [0.25, 0.3) is 0 Å². The molecule has 0 aromatic carbocycles. The van der Waals surface area contributed by atoms with Crippen molar-refractivity contribution in [2.45, 2.75) is 38.1 Å². The smallest absolute Gasteiger partial charge is 0.203 e. The number of hydrogen-bond donors (Lipinski definition) is 2. The fraction of sp³-hybridized carbons (Fsp3) is 0.750. The zero-order valence-electron chi connectivity index (χ0n) is 9.65. The Bertz CT molecular complexity index is 365. The average molecular weight is 220 g/mol. The van der Waals surface area contributed by atoms with Gasteiger partial charge in [0.2, 0.25) is 5.95 Å². The Morgan fingerprint density at radius 1 is 1.44 bits per heavy atom. The van der Waals surface area contributed by atoms with Crippen molar-refractivity contribution in [1.29, 1.82) is 0 Å². The van der Waals surface area contributed by atoms with Crippen LogP contribution >= 0.6 is 0 Å². The molecule has 3 N–H and O–H groups in total. The van der Waals surface area contributed by atoms with Crippen LogP contribution in [0.15, 0.2) is 6.20 Å². The van der Waals surface area contributed by atoms with Crippen molar-refractivity contribution in [2.75, 3.05) is 18.4 Å². The lowest BCUT2D eigenvalue weighted by Gasteiger charge is -2.26. The molecule has 1 fully saturated rings. The molecule has 0 radical (unpaired) electrons. The number of aromatic nitrogens is 2. The summed E-state index contributed by atoms with van der Waals surface area (Å²) in [6.07, 6.45) is 7.48. The Hall–Kier alpha value is -1.03. The second kappa shape index (κ2) is 4.09. The van der Waals surface area contributed by atoms with Gasteiger partial charge >= 0.3 is 0 Å². The first-order chi connectivity index (χ1) is 7.88. The average Bonchev–Trinajstić information content (AvgIpc) is 2.96. The molecule has 0 saturated heterocycles. The van der Waals surface area contributed by atoms with E-state index in [1.165, 1.54) is 31.4 Å². The zero-order valence-corrected chi connectivity index (χ0v) is 9.65. The van der Waals surface area contributed by atoms with E-state index in [0.29, 0.717) is 5.92 Å². The largest absolute Gasteiger partial charge is 0.355 e. The lowest BCUT2D eigenvalue weighted by molar-refractivity contribution is 0.433. The highest BCUT2D eigenvalue weighted by Crippen LogP contribution is 2.36. The minimum Gasteiger partial charge on any atom is -0.355 e. The maximum absolute atomic E-state index is 5.76. The van der Waals surface area contributed by atoms with Crippen LogP contribution in [0.25, 0.3) is 0 Å². The first-order valence-electron chi connectivity index (χ1n) is 6.38. The highest BCUT2D eigenvalue weighted by atomic mass is 15.2. The van der Waals surface area contributed by atoms with E-state index >= 15 is 0 Å². The van der Waals surface area contributed by atoms with Gasteiger partial charge in [-0.3, -0.25) is 0 Å². The van der Waals surface area contributed by atoms with Crippen molar-refractivity contribution in [3.05, 3.63) is 11.9 Å². The Morgan fingerprint density at radius 3 is 3.00 bits per heavy atom. The zero-order chi connectivity index (χ0) is 11.0. The van der Waals surface area contributed by atoms with Crippen molar-refractivity contribution in [3.63, 3.8) is 0 Å². The molecule has 1 aromatic heterocycles. The van der Waals surface area contributed by atoms with Crippen LogP contribution < -0.4 is 11.1 Å². The van der Waals surface area contributed by atoms with Gasteiger partial charge in [-0.2, -0.15) is 0 Å². The fourth-order valence-corrected chi connectivity index (χ4v) is 2.99. The second-order valence-electron chi connectivity index (χ2n) is 5.08. The Morgan fingerprint density at radius 2 is 2.25 bits per heavy atom. The van der Waals surface area contributed by atoms with Crippen LogP contribution in [0.2, 0.25) is 0 Å². The van der Waals surface area contributed by atoms with Gasteiger partial charge in [-0.05, 0) is 19.4 Å². The lowest BCUT2D eigenvalue weighted by Crippen LogP contribution is -2.33. The topological polar surface area (TPSA) is 55.9 Å². The molecule has 4 heteroatoms. The number of nitrogens with one attached hydrogen (secondary N) is 1. The van der Waals surface area contributed by atoms with E-state index in [2.05, 4.69) is 21.1 Å². The maximum atomic E-state index is 5.76. The van der Waals surface area contributed by atoms with Gasteiger partial charge in [0.1, 0.15) is 0 Å². The summed E-state index contributed by atoms with van der Waals surface area (Å²) in [5.74, 6) is 2.34. The fourth-order valence-electron chi connectivity index (χ4n) is 2.99. The monoisotopic (exact) mass is 220 g/mol. The number of hydrogen-bond acceptors (Lipinski definition) is 3. The molecule has 1 saturated carbocycles. The maximum Gasteiger partial charge on any atom is 0.203 e. The first-order valence-corrected chi connectivity index (χ1v) is 6.38. The van der Waals surface area contributed by atoms with Crippen molar-refractivity contribution >= 4 is 5.95 Å². The normalized spacial score (nSPS) is 25.4. The van der Waals surface area contributed by atoms with Crippen LogP contribution in [0, 0.1) is 5.92 Å².